The molecule has 0 spiro atoms. The summed E-state index contributed by atoms with van der Waals surface area (Å²) < 4.78 is 19.2. The Morgan fingerprint density at radius 2 is 0.778 bits per heavy atom. The summed E-state index contributed by atoms with van der Waals surface area (Å²) in [5.41, 5.74) is 11.8. The Labute approximate surface area is 254 Å². The van der Waals surface area contributed by atoms with E-state index in [0.29, 0.717) is 16.7 Å². The van der Waals surface area contributed by atoms with Crippen molar-refractivity contribution < 1.29 is 13.3 Å². The largest absolute Gasteiger partial charge is 0.454 e. The van der Waals surface area contributed by atoms with Gasteiger partial charge in [0.05, 0.1) is 11.4 Å². The maximum atomic E-state index is 6.41. The van der Waals surface area contributed by atoms with Gasteiger partial charge in [0, 0.05) is 51.4 Å². The van der Waals surface area contributed by atoms with Gasteiger partial charge in [-0.1, -0.05) is 36.4 Å². The maximum absolute atomic E-state index is 6.41. The van der Waals surface area contributed by atoms with Gasteiger partial charge in [-0.25, -0.2) is 4.98 Å². The molecule has 0 saturated heterocycles. The number of para-hydroxylation sites is 3. The van der Waals surface area contributed by atoms with Crippen molar-refractivity contribution >= 4 is 66.2 Å². The van der Waals surface area contributed by atoms with Crippen LogP contribution in [0, 0.1) is 0 Å². The molecule has 0 aliphatic heterocycles. The zero-order chi connectivity index (χ0) is 29.5. The molecule has 210 valence electrons. The Bertz CT molecular complexity index is 2470. The van der Waals surface area contributed by atoms with Crippen LogP contribution in [-0.4, -0.2) is 19.9 Å². The summed E-state index contributed by atoms with van der Waals surface area (Å²) in [6.07, 6.45) is 5.44. The summed E-state index contributed by atoms with van der Waals surface area (Å²) in [6, 6.07) is 33.9. The number of hydrogen-bond donors (Lipinski definition) is 0. The Hall–Kier alpha value is -6.34. The van der Waals surface area contributed by atoms with Crippen molar-refractivity contribution in [1.29, 1.82) is 0 Å². The van der Waals surface area contributed by atoms with Gasteiger partial charge >= 0.3 is 0 Å². The molecule has 10 rings (SSSR count). The van der Waals surface area contributed by atoms with Gasteiger partial charge < -0.3 is 13.3 Å². The number of nitrogens with zero attached hydrogens (tertiary/aromatic N) is 4. The summed E-state index contributed by atoms with van der Waals surface area (Å²) >= 11 is 0. The minimum atomic E-state index is 0.682. The Balaban J connectivity index is 1.29. The monoisotopic (exact) mass is 580 g/mol. The van der Waals surface area contributed by atoms with Crippen molar-refractivity contribution in [3.63, 3.8) is 0 Å². The molecule has 0 saturated carbocycles. The minimum Gasteiger partial charge on any atom is -0.454 e. The average molecular weight is 581 g/mol. The van der Waals surface area contributed by atoms with E-state index in [9.17, 15) is 0 Å². The van der Waals surface area contributed by atoms with E-state index in [0.717, 1.165) is 83.1 Å². The molecule has 0 aliphatic carbocycles. The van der Waals surface area contributed by atoms with Gasteiger partial charge in [-0.15, -0.1) is 0 Å². The molecule has 7 nitrogen and oxygen atoms in total. The predicted molar refractivity (Wildman–Crippen MR) is 176 cm³/mol. The number of aromatic nitrogens is 4. The molecule has 0 bridgehead atoms. The maximum Gasteiger partial charge on any atom is 0.163 e. The van der Waals surface area contributed by atoms with E-state index < -0.39 is 0 Å². The average Bonchev–Trinajstić information content (AvgIpc) is 3.79. The highest BCUT2D eigenvalue weighted by atomic mass is 16.3. The topological polar surface area (TPSA) is 91.0 Å². The molecule has 0 aliphatic rings. The van der Waals surface area contributed by atoms with Gasteiger partial charge in [0.2, 0.25) is 0 Å². The van der Waals surface area contributed by atoms with Crippen LogP contribution in [0.4, 0.5) is 0 Å². The van der Waals surface area contributed by atoms with Crippen molar-refractivity contribution in [2.24, 2.45) is 0 Å². The second-order valence-electron chi connectivity index (χ2n) is 11.0. The fourth-order valence-electron chi connectivity index (χ4n) is 6.41. The molecule has 7 heterocycles. The van der Waals surface area contributed by atoms with E-state index >= 15 is 0 Å². The summed E-state index contributed by atoms with van der Waals surface area (Å²) in [5.74, 6) is 0. The zero-order valence-electron chi connectivity index (χ0n) is 23.6. The lowest BCUT2D eigenvalue weighted by molar-refractivity contribution is 0.669. The first-order valence-corrected chi connectivity index (χ1v) is 14.6. The fourth-order valence-corrected chi connectivity index (χ4v) is 6.41. The number of fused-ring (bicyclic) bond motifs is 9. The van der Waals surface area contributed by atoms with E-state index in [-0.39, 0.29) is 0 Å². The highest BCUT2D eigenvalue weighted by molar-refractivity contribution is 6.10. The molecular weight excluding hydrogens is 560 g/mol. The van der Waals surface area contributed by atoms with Crippen molar-refractivity contribution in [2.45, 2.75) is 0 Å². The Kier molecular flexibility index (Phi) is 4.87. The smallest absolute Gasteiger partial charge is 0.163 e. The van der Waals surface area contributed by atoms with E-state index in [1.807, 2.05) is 97.2 Å². The lowest BCUT2D eigenvalue weighted by Crippen LogP contribution is -1.93. The standard InChI is InChI=1S/C38H20N4O3/c1-4-10-30-25(7-1)33-36(43-30)22(13-16-39-33)21-19-28(23-14-17-40-34-26-8-2-5-11-31(26)44-37(23)34)42-29(20-21)24-15-18-41-35-27-9-3-6-12-32(27)45-38(24)35/h1-20H. The molecular formula is C38H20N4O3. The molecule has 7 aromatic heterocycles. The molecule has 45 heavy (non-hydrogen) atoms. The third-order valence-corrected chi connectivity index (χ3v) is 8.46. The first-order chi connectivity index (χ1) is 22.3. The number of benzene rings is 3. The van der Waals surface area contributed by atoms with E-state index in [2.05, 4.69) is 22.1 Å². The second kappa shape index (κ2) is 9.08. The van der Waals surface area contributed by atoms with Crippen molar-refractivity contribution in [3.05, 3.63) is 122 Å². The minimum absolute atomic E-state index is 0.682. The van der Waals surface area contributed by atoms with Gasteiger partial charge in [0.25, 0.3) is 0 Å². The number of pyridine rings is 4. The van der Waals surface area contributed by atoms with Crippen LogP contribution in [0.5, 0.6) is 0 Å². The lowest BCUT2D eigenvalue weighted by Gasteiger charge is -2.11. The van der Waals surface area contributed by atoms with E-state index in [4.69, 9.17) is 23.2 Å². The first-order valence-electron chi connectivity index (χ1n) is 14.6. The summed E-state index contributed by atoms with van der Waals surface area (Å²) in [7, 11) is 0. The zero-order valence-corrected chi connectivity index (χ0v) is 23.6. The van der Waals surface area contributed by atoms with Crippen molar-refractivity contribution in [3.8, 4) is 33.6 Å². The number of furan rings is 3. The van der Waals surface area contributed by atoms with Crippen LogP contribution in [0.3, 0.4) is 0 Å². The van der Waals surface area contributed by atoms with E-state index in [1.165, 1.54) is 0 Å². The van der Waals surface area contributed by atoms with E-state index in [1.54, 1.807) is 12.4 Å². The highest BCUT2D eigenvalue weighted by Gasteiger charge is 2.21. The number of rotatable bonds is 3. The molecule has 0 atom stereocenters. The fraction of sp³-hybridized carbons (Fsp3) is 0. The lowest BCUT2D eigenvalue weighted by atomic mass is 9.99. The normalized spacial score (nSPS) is 12.0. The van der Waals surface area contributed by atoms with Crippen LogP contribution in [0.1, 0.15) is 0 Å². The Morgan fingerprint density at radius 3 is 1.22 bits per heavy atom. The van der Waals surface area contributed by atoms with Gasteiger partial charge in [-0.3, -0.25) is 15.0 Å². The van der Waals surface area contributed by atoms with Gasteiger partial charge in [0.1, 0.15) is 33.3 Å². The third kappa shape index (κ3) is 3.52. The van der Waals surface area contributed by atoms with Gasteiger partial charge in [0.15, 0.2) is 16.7 Å². The van der Waals surface area contributed by atoms with Crippen molar-refractivity contribution in [2.75, 3.05) is 0 Å². The molecule has 10 aromatic rings. The SMILES string of the molecule is c1ccc2c(c1)oc1c(-c3cc(-c4ccnc5c4oc4ccccc45)nc(-c4ccnc5c4oc4ccccc45)c3)ccnc12. The second-order valence-corrected chi connectivity index (χ2v) is 11.0. The molecule has 0 unspecified atom stereocenters. The molecule has 7 heteroatoms. The summed E-state index contributed by atoms with van der Waals surface area (Å²) in [6.45, 7) is 0. The summed E-state index contributed by atoms with van der Waals surface area (Å²) in [5, 5.41) is 2.89. The molecule has 0 fully saturated rings. The number of hydrogen-bond acceptors (Lipinski definition) is 7. The Morgan fingerprint density at radius 1 is 0.400 bits per heavy atom. The summed E-state index contributed by atoms with van der Waals surface area (Å²) in [4.78, 5) is 19.3. The molecule has 0 amide bonds. The molecule has 0 radical (unpaired) electrons. The highest BCUT2D eigenvalue weighted by Crippen LogP contribution is 2.41. The van der Waals surface area contributed by atoms with Crippen LogP contribution in [0.2, 0.25) is 0 Å². The van der Waals surface area contributed by atoms with Crippen molar-refractivity contribution in [1.82, 2.24) is 19.9 Å². The molecule has 0 N–H and O–H groups in total. The van der Waals surface area contributed by atoms with Crippen LogP contribution in [0.25, 0.3) is 99.8 Å². The third-order valence-electron chi connectivity index (χ3n) is 8.46. The predicted octanol–water partition coefficient (Wildman–Crippen LogP) is 9.97. The first kappa shape index (κ1) is 24.1. The quantitative estimate of drug-likeness (QED) is 0.205. The van der Waals surface area contributed by atoms with Gasteiger partial charge in [-0.2, -0.15) is 0 Å². The van der Waals surface area contributed by atoms with Crippen LogP contribution >= 0.6 is 0 Å². The van der Waals surface area contributed by atoms with Gasteiger partial charge in [-0.05, 0) is 72.3 Å². The van der Waals surface area contributed by atoms with Crippen LogP contribution < -0.4 is 0 Å². The van der Waals surface area contributed by atoms with Crippen LogP contribution in [0.15, 0.2) is 135 Å². The van der Waals surface area contributed by atoms with Crippen LogP contribution in [-0.2, 0) is 0 Å². The molecule has 3 aromatic carbocycles.